The highest BCUT2D eigenvalue weighted by Gasteiger charge is 2.09. The number of fused-ring (bicyclic) bond motifs is 1. The molecule has 3 aromatic rings. The first-order valence-electron chi connectivity index (χ1n) is 6.35. The van der Waals surface area contributed by atoms with E-state index >= 15 is 0 Å². The number of halogens is 2. The SMILES string of the molecule is Clc1ccc(CCNCc2sc3ccccc3c2Cl)s1. The summed E-state index contributed by atoms with van der Waals surface area (Å²) in [4.78, 5) is 2.52. The third-order valence-electron chi connectivity index (χ3n) is 3.06. The molecule has 0 bridgehead atoms. The van der Waals surface area contributed by atoms with Crippen molar-refractivity contribution in [3.8, 4) is 0 Å². The van der Waals surface area contributed by atoms with Crippen LogP contribution >= 0.6 is 45.9 Å². The van der Waals surface area contributed by atoms with Crippen LogP contribution in [0.5, 0.6) is 0 Å². The Morgan fingerprint density at radius 2 is 1.85 bits per heavy atom. The number of hydrogen-bond acceptors (Lipinski definition) is 3. The lowest BCUT2D eigenvalue weighted by atomic mass is 10.2. The van der Waals surface area contributed by atoms with Gasteiger partial charge in [-0.2, -0.15) is 0 Å². The summed E-state index contributed by atoms with van der Waals surface area (Å²) in [5, 5.41) is 5.49. The summed E-state index contributed by atoms with van der Waals surface area (Å²) < 4.78 is 2.10. The Kier molecular flexibility index (Phi) is 4.64. The zero-order valence-electron chi connectivity index (χ0n) is 10.7. The molecule has 0 fully saturated rings. The maximum atomic E-state index is 6.41. The third-order valence-corrected chi connectivity index (χ3v) is 6.07. The van der Waals surface area contributed by atoms with Gasteiger partial charge in [0, 0.05) is 32.9 Å². The van der Waals surface area contributed by atoms with E-state index in [1.807, 2.05) is 18.2 Å². The van der Waals surface area contributed by atoms with Gasteiger partial charge in [0.15, 0.2) is 0 Å². The monoisotopic (exact) mass is 341 g/mol. The van der Waals surface area contributed by atoms with E-state index in [1.54, 1.807) is 22.7 Å². The average molecular weight is 342 g/mol. The van der Waals surface area contributed by atoms with E-state index in [4.69, 9.17) is 23.2 Å². The first-order chi connectivity index (χ1) is 9.74. The lowest BCUT2D eigenvalue weighted by Gasteiger charge is -2.02. The topological polar surface area (TPSA) is 12.0 Å². The second-order valence-electron chi connectivity index (χ2n) is 4.47. The normalized spacial score (nSPS) is 11.3. The minimum Gasteiger partial charge on any atom is -0.311 e. The van der Waals surface area contributed by atoms with Crippen LogP contribution in [0.3, 0.4) is 0 Å². The van der Waals surface area contributed by atoms with E-state index in [9.17, 15) is 0 Å². The molecule has 1 N–H and O–H groups in total. The van der Waals surface area contributed by atoms with Gasteiger partial charge in [0.1, 0.15) is 0 Å². The van der Waals surface area contributed by atoms with Crippen LogP contribution in [-0.4, -0.2) is 6.54 Å². The molecule has 0 aliphatic heterocycles. The maximum Gasteiger partial charge on any atom is 0.0931 e. The van der Waals surface area contributed by atoms with Crippen LogP contribution in [0.1, 0.15) is 9.75 Å². The van der Waals surface area contributed by atoms with Gasteiger partial charge in [-0.05, 0) is 24.6 Å². The number of rotatable bonds is 5. The third kappa shape index (κ3) is 3.18. The molecule has 1 aromatic carbocycles. The molecule has 0 aliphatic carbocycles. The molecule has 0 unspecified atom stereocenters. The van der Waals surface area contributed by atoms with E-state index in [1.165, 1.54) is 14.5 Å². The molecular weight excluding hydrogens is 329 g/mol. The number of nitrogens with one attached hydrogen (secondary N) is 1. The largest absolute Gasteiger partial charge is 0.311 e. The van der Waals surface area contributed by atoms with Crippen LogP contribution in [0.2, 0.25) is 9.36 Å². The number of benzene rings is 1. The molecule has 0 spiro atoms. The summed E-state index contributed by atoms with van der Waals surface area (Å²) in [5.41, 5.74) is 0. The Labute approximate surface area is 136 Å². The Morgan fingerprint density at radius 3 is 2.60 bits per heavy atom. The quantitative estimate of drug-likeness (QED) is 0.595. The number of thiophene rings is 2. The van der Waals surface area contributed by atoms with Crippen LogP contribution < -0.4 is 5.32 Å². The fourth-order valence-electron chi connectivity index (χ4n) is 2.08. The van der Waals surface area contributed by atoms with Gasteiger partial charge >= 0.3 is 0 Å². The second kappa shape index (κ2) is 6.46. The Bertz CT molecular complexity index is 718. The maximum absolute atomic E-state index is 6.41. The van der Waals surface area contributed by atoms with Crippen molar-refractivity contribution in [1.82, 2.24) is 5.32 Å². The molecule has 0 saturated heterocycles. The Balaban J connectivity index is 1.58. The van der Waals surface area contributed by atoms with Gasteiger partial charge in [-0.3, -0.25) is 0 Å². The molecule has 5 heteroatoms. The molecule has 0 radical (unpaired) electrons. The zero-order chi connectivity index (χ0) is 13.9. The van der Waals surface area contributed by atoms with Crippen LogP contribution in [0.25, 0.3) is 10.1 Å². The summed E-state index contributed by atoms with van der Waals surface area (Å²) in [6.45, 7) is 1.75. The minimum atomic E-state index is 0.817. The van der Waals surface area contributed by atoms with Crippen LogP contribution in [0.4, 0.5) is 0 Å². The minimum absolute atomic E-state index is 0.817. The second-order valence-corrected chi connectivity index (χ2v) is 7.78. The van der Waals surface area contributed by atoms with Crippen molar-refractivity contribution in [2.45, 2.75) is 13.0 Å². The Hall–Kier alpha value is -0.580. The highest BCUT2D eigenvalue weighted by atomic mass is 35.5. The Morgan fingerprint density at radius 1 is 1.00 bits per heavy atom. The van der Waals surface area contributed by atoms with Gasteiger partial charge in [0.2, 0.25) is 0 Å². The molecule has 2 aromatic heterocycles. The smallest absolute Gasteiger partial charge is 0.0931 e. The van der Waals surface area contributed by atoms with Gasteiger partial charge < -0.3 is 5.32 Å². The average Bonchev–Trinajstić information content (AvgIpc) is 3.00. The lowest BCUT2D eigenvalue weighted by Crippen LogP contribution is -2.15. The van der Waals surface area contributed by atoms with Gasteiger partial charge in [-0.15, -0.1) is 22.7 Å². The first-order valence-corrected chi connectivity index (χ1v) is 8.74. The lowest BCUT2D eigenvalue weighted by molar-refractivity contribution is 0.698. The molecule has 3 rings (SSSR count). The summed E-state index contributed by atoms with van der Waals surface area (Å²) in [6, 6.07) is 12.3. The van der Waals surface area contributed by atoms with E-state index in [2.05, 4.69) is 23.5 Å². The van der Waals surface area contributed by atoms with Crippen LogP contribution in [0.15, 0.2) is 36.4 Å². The van der Waals surface area contributed by atoms with Crippen molar-refractivity contribution in [3.63, 3.8) is 0 Å². The van der Waals surface area contributed by atoms with E-state index in [-0.39, 0.29) is 0 Å². The van der Waals surface area contributed by atoms with E-state index < -0.39 is 0 Å². The molecule has 20 heavy (non-hydrogen) atoms. The fourth-order valence-corrected chi connectivity index (χ4v) is 4.63. The molecule has 1 nitrogen and oxygen atoms in total. The van der Waals surface area contributed by atoms with E-state index in [0.29, 0.717) is 0 Å². The van der Waals surface area contributed by atoms with Crippen molar-refractivity contribution in [2.24, 2.45) is 0 Å². The molecule has 0 saturated carbocycles. The highest BCUT2D eigenvalue weighted by Crippen LogP contribution is 2.34. The van der Waals surface area contributed by atoms with Gasteiger partial charge in [-0.1, -0.05) is 41.4 Å². The molecule has 0 amide bonds. The zero-order valence-corrected chi connectivity index (χ0v) is 13.8. The molecule has 0 atom stereocenters. The van der Waals surface area contributed by atoms with Crippen molar-refractivity contribution in [1.29, 1.82) is 0 Å². The summed E-state index contributed by atoms with van der Waals surface area (Å²) >= 11 is 15.7. The van der Waals surface area contributed by atoms with Crippen LogP contribution in [0, 0.1) is 0 Å². The van der Waals surface area contributed by atoms with Gasteiger partial charge in [0.25, 0.3) is 0 Å². The first kappa shape index (κ1) is 14.4. The van der Waals surface area contributed by atoms with Crippen LogP contribution in [-0.2, 0) is 13.0 Å². The molecule has 2 heterocycles. The fraction of sp³-hybridized carbons (Fsp3) is 0.200. The molecule has 104 valence electrons. The van der Waals surface area contributed by atoms with Gasteiger partial charge in [-0.25, -0.2) is 0 Å². The van der Waals surface area contributed by atoms with Crippen molar-refractivity contribution < 1.29 is 0 Å². The molecule has 0 aliphatic rings. The summed E-state index contributed by atoms with van der Waals surface area (Å²) in [5.74, 6) is 0. The van der Waals surface area contributed by atoms with Crippen molar-refractivity contribution >= 4 is 56.0 Å². The molecular formula is C15H13Cl2NS2. The predicted molar refractivity (Wildman–Crippen MR) is 91.6 cm³/mol. The predicted octanol–water partition coefficient (Wildman–Crippen LogP) is 5.60. The summed E-state index contributed by atoms with van der Waals surface area (Å²) in [7, 11) is 0. The van der Waals surface area contributed by atoms with Gasteiger partial charge in [0.05, 0.1) is 9.36 Å². The number of hydrogen-bond donors (Lipinski definition) is 1. The summed E-state index contributed by atoms with van der Waals surface area (Å²) in [6.07, 6.45) is 1.000. The van der Waals surface area contributed by atoms with Crippen molar-refractivity contribution in [2.75, 3.05) is 6.54 Å². The van der Waals surface area contributed by atoms with Crippen molar-refractivity contribution in [3.05, 3.63) is 55.5 Å². The standard InChI is InChI=1S/C15H13Cl2NS2/c16-14-6-5-10(19-14)7-8-18-9-13-15(17)11-3-1-2-4-12(11)20-13/h1-6,18H,7-9H2. The highest BCUT2D eigenvalue weighted by molar-refractivity contribution is 7.19. The van der Waals surface area contributed by atoms with E-state index in [0.717, 1.165) is 34.3 Å².